The van der Waals surface area contributed by atoms with Gasteiger partial charge < -0.3 is 4.57 Å². The van der Waals surface area contributed by atoms with Crippen molar-refractivity contribution in [2.45, 2.75) is 33.0 Å². The van der Waals surface area contributed by atoms with Gasteiger partial charge in [0.05, 0.1) is 5.56 Å². The lowest BCUT2D eigenvalue weighted by Crippen LogP contribution is -2.16. The van der Waals surface area contributed by atoms with Gasteiger partial charge in [0.25, 0.3) is 0 Å². The number of ketones is 1. The number of para-hydroxylation sites is 1. The van der Waals surface area contributed by atoms with Crippen LogP contribution in [0.5, 0.6) is 0 Å². The smallest absolute Gasteiger partial charge is 0.135 e. The highest BCUT2D eigenvalue weighted by molar-refractivity contribution is 6.83. The van der Waals surface area contributed by atoms with E-state index in [9.17, 15) is 4.79 Å². The van der Waals surface area contributed by atoms with Gasteiger partial charge in [0.15, 0.2) is 0 Å². The van der Waals surface area contributed by atoms with Crippen molar-refractivity contribution in [2.24, 2.45) is 7.05 Å². The highest BCUT2D eigenvalue weighted by atomic mass is 28.3. The summed E-state index contributed by atoms with van der Waals surface area (Å²) in [6, 6.07) is 8.22. The summed E-state index contributed by atoms with van der Waals surface area (Å²) in [4.78, 5) is 11.5. The molecule has 0 bridgehead atoms. The predicted molar refractivity (Wildman–Crippen MR) is 87.5 cm³/mol. The normalized spacial score (nSPS) is 11.2. The molecule has 1 aromatic heterocycles. The lowest BCUT2D eigenvalue weighted by Gasteiger charge is -2.05. The van der Waals surface area contributed by atoms with Gasteiger partial charge in [-0.3, -0.25) is 4.79 Å². The Bertz CT molecular complexity index is 723. The number of hydrogen-bond acceptors (Lipinski definition) is 1. The Hall–Kier alpha value is -1.79. The van der Waals surface area contributed by atoms with Crippen LogP contribution >= 0.6 is 0 Å². The summed E-state index contributed by atoms with van der Waals surface area (Å²) < 4.78 is 2.10. The first-order chi connectivity index (χ1) is 9.29. The van der Waals surface area contributed by atoms with Crippen molar-refractivity contribution in [3.8, 4) is 11.5 Å². The van der Waals surface area contributed by atoms with Crippen molar-refractivity contribution in [3.05, 3.63) is 35.5 Å². The molecule has 0 aliphatic heterocycles. The molecule has 0 amide bonds. The third kappa shape index (κ3) is 3.02. The maximum atomic E-state index is 11.5. The molecule has 0 radical (unpaired) electrons. The van der Waals surface area contributed by atoms with E-state index >= 15 is 0 Å². The van der Waals surface area contributed by atoms with Gasteiger partial charge >= 0.3 is 0 Å². The first kappa shape index (κ1) is 14.6. The Labute approximate surface area is 121 Å². The first-order valence-corrected chi connectivity index (χ1v) is 10.4. The number of carbonyl (C=O) groups is 1. The van der Waals surface area contributed by atoms with Gasteiger partial charge in [0, 0.05) is 30.1 Å². The van der Waals surface area contributed by atoms with E-state index in [0.717, 1.165) is 22.2 Å². The highest BCUT2D eigenvalue weighted by Crippen LogP contribution is 2.25. The average molecular weight is 283 g/mol. The number of rotatable bonds is 2. The van der Waals surface area contributed by atoms with E-state index in [1.165, 1.54) is 0 Å². The number of nitrogens with zero attached hydrogens (tertiary/aromatic N) is 1. The lowest BCUT2D eigenvalue weighted by molar-refractivity contribution is -0.116. The highest BCUT2D eigenvalue weighted by Gasteiger charge is 2.15. The number of Topliss-reactive ketones (excluding diaryl/α,β-unsaturated/α-hetero) is 1. The van der Waals surface area contributed by atoms with Crippen LogP contribution in [0.2, 0.25) is 19.6 Å². The van der Waals surface area contributed by atoms with Crippen LogP contribution in [0, 0.1) is 11.5 Å². The first-order valence-electron chi connectivity index (χ1n) is 6.88. The fourth-order valence-electron chi connectivity index (χ4n) is 2.28. The van der Waals surface area contributed by atoms with Crippen molar-refractivity contribution < 1.29 is 4.79 Å². The van der Waals surface area contributed by atoms with E-state index in [1.807, 2.05) is 19.2 Å². The Kier molecular flexibility index (Phi) is 3.87. The van der Waals surface area contributed by atoms with Crippen LogP contribution < -0.4 is 0 Å². The van der Waals surface area contributed by atoms with Crippen LogP contribution in [0.1, 0.15) is 18.2 Å². The summed E-state index contributed by atoms with van der Waals surface area (Å²) in [6.45, 7) is 8.33. The number of aromatic nitrogens is 1. The Balaban J connectivity index is 2.71. The average Bonchev–Trinajstić information content (AvgIpc) is 2.60. The lowest BCUT2D eigenvalue weighted by atomic mass is 10.1. The molecule has 0 saturated carbocycles. The van der Waals surface area contributed by atoms with Gasteiger partial charge in [0.1, 0.15) is 13.9 Å². The van der Waals surface area contributed by atoms with Crippen molar-refractivity contribution in [1.82, 2.24) is 4.57 Å². The number of fused-ring (bicyclic) bond motifs is 1. The predicted octanol–water partition coefficient (Wildman–Crippen LogP) is 3.54. The van der Waals surface area contributed by atoms with Crippen molar-refractivity contribution >= 4 is 24.8 Å². The second-order valence-corrected chi connectivity index (χ2v) is 11.0. The van der Waals surface area contributed by atoms with Crippen molar-refractivity contribution in [3.63, 3.8) is 0 Å². The summed E-state index contributed by atoms with van der Waals surface area (Å²) in [5, 5.41) is 1.15. The largest absolute Gasteiger partial charge is 0.346 e. The molecule has 2 nitrogen and oxygen atoms in total. The van der Waals surface area contributed by atoms with E-state index in [0.29, 0.717) is 6.42 Å². The van der Waals surface area contributed by atoms with Gasteiger partial charge in [-0.15, -0.1) is 5.54 Å². The molecule has 2 aromatic rings. The zero-order chi connectivity index (χ0) is 14.9. The molecule has 0 saturated heterocycles. The minimum atomic E-state index is -1.44. The number of carbonyl (C=O) groups excluding carboxylic acids is 1. The van der Waals surface area contributed by atoms with E-state index in [2.05, 4.69) is 47.8 Å². The second kappa shape index (κ2) is 5.30. The zero-order valence-electron chi connectivity index (χ0n) is 12.9. The molecule has 20 heavy (non-hydrogen) atoms. The van der Waals surface area contributed by atoms with E-state index in [1.54, 1.807) is 6.92 Å². The Morgan fingerprint density at radius 2 is 1.90 bits per heavy atom. The number of hydrogen-bond donors (Lipinski definition) is 0. The molecule has 2 rings (SSSR count). The fraction of sp³-hybridized carbons (Fsp3) is 0.353. The van der Waals surface area contributed by atoms with Gasteiger partial charge in [-0.05, 0) is 13.0 Å². The van der Waals surface area contributed by atoms with Crippen LogP contribution in [-0.4, -0.2) is 18.4 Å². The van der Waals surface area contributed by atoms with E-state index in [-0.39, 0.29) is 5.78 Å². The Morgan fingerprint density at radius 1 is 1.25 bits per heavy atom. The summed E-state index contributed by atoms with van der Waals surface area (Å²) in [7, 11) is 0.578. The molecular formula is C17H21NOSi. The van der Waals surface area contributed by atoms with E-state index in [4.69, 9.17) is 0 Å². The Morgan fingerprint density at radius 3 is 2.50 bits per heavy atom. The van der Waals surface area contributed by atoms with Crippen LogP contribution in [0.4, 0.5) is 0 Å². The van der Waals surface area contributed by atoms with Gasteiger partial charge in [-0.25, -0.2) is 0 Å². The van der Waals surface area contributed by atoms with Crippen LogP contribution in [-0.2, 0) is 18.3 Å². The minimum Gasteiger partial charge on any atom is -0.346 e. The zero-order valence-corrected chi connectivity index (χ0v) is 13.9. The summed E-state index contributed by atoms with van der Waals surface area (Å²) in [6.07, 6.45) is 0.445. The van der Waals surface area contributed by atoms with Crippen LogP contribution in [0.15, 0.2) is 24.3 Å². The molecular weight excluding hydrogens is 262 g/mol. The molecule has 1 heterocycles. The minimum absolute atomic E-state index is 0.173. The molecule has 1 aromatic carbocycles. The summed E-state index contributed by atoms with van der Waals surface area (Å²) in [5.41, 5.74) is 6.62. The summed E-state index contributed by atoms with van der Waals surface area (Å²) >= 11 is 0. The third-order valence-electron chi connectivity index (χ3n) is 3.21. The molecule has 0 aliphatic carbocycles. The fourth-order valence-corrected chi connectivity index (χ4v) is 2.78. The molecule has 0 aliphatic rings. The number of aryl methyl sites for hydroxylation is 1. The molecule has 0 N–H and O–H groups in total. The standard InChI is InChI=1S/C17H21NOSi/c1-13(19)12-17-15(10-11-20(3,4)5)14-8-6-7-9-16(14)18(17)2/h6-9H,12H2,1-5H3. The molecule has 3 heteroatoms. The number of benzene rings is 1. The monoisotopic (exact) mass is 283 g/mol. The van der Waals surface area contributed by atoms with Crippen LogP contribution in [0.3, 0.4) is 0 Å². The molecule has 104 valence electrons. The summed E-state index contributed by atoms with van der Waals surface area (Å²) in [5.74, 6) is 3.53. The van der Waals surface area contributed by atoms with Crippen molar-refractivity contribution in [1.29, 1.82) is 0 Å². The van der Waals surface area contributed by atoms with Gasteiger partial charge in [-0.2, -0.15) is 0 Å². The van der Waals surface area contributed by atoms with Gasteiger partial charge in [-0.1, -0.05) is 43.8 Å². The van der Waals surface area contributed by atoms with Gasteiger partial charge in [0.2, 0.25) is 0 Å². The molecule has 0 spiro atoms. The van der Waals surface area contributed by atoms with Crippen molar-refractivity contribution in [2.75, 3.05) is 0 Å². The topological polar surface area (TPSA) is 22.0 Å². The third-order valence-corrected chi connectivity index (χ3v) is 4.08. The maximum absolute atomic E-state index is 11.5. The quantitative estimate of drug-likeness (QED) is 0.610. The maximum Gasteiger partial charge on any atom is 0.135 e. The molecule has 0 atom stereocenters. The van der Waals surface area contributed by atoms with E-state index < -0.39 is 8.07 Å². The SMILES string of the molecule is CC(=O)Cc1c(C#C[Si](C)(C)C)c2ccccc2n1C. The molecule has 0 unspecified atom stereocenters. The van der Waals surface area contributed by atoms with Crippen LogP contribution in [0.25, 0.3) is 10.9 Å². The molecule has 0 fully saturated rings. The second-order valence-electron chi connectivity index (χ2n) is 6.28.